The Hall–Kier alpha value is -2.41. The number of rotatable bonds is 3. The van der Waals surface area contributed by atoms with Gasteiger partial charge in [-0.2, -0.15) is 0 Å². The van der Waals surface area contributed by atoms with Crippen LogP contribution in [0.2, 0.25) is 0 Å². The van der Waals surface area contributed by atoms with E-state index < -0.39 is 15.9 Å². The number of carbonyl (C=O) groups excluding carboxylic acids is 1. The Labute approximate surface area is 134 Å². The number of nitrogens with zero attached hydrogens (tertiary/aromatic N) is 1. The number of carbonyl (C=O) groups is 1. The van der Waals surface area contributed by atoms with Crippen LogP contribution in [0.25, 0.3) is 0 Å². The molecule has 0 bridgehead atoms. The minimum atomic E-state index is -3.97. The monoisotopic (exact) mass is 332 g/mol. The van der Waals surface area contributed by atoms with Crippen LogP contribution in [0.5, 0.6) is 5.75 Å². The second-order valence-electron chi connectivity index (χ2n) is 5.46. The van der Waals surface area contributed by atoms with Crippen LogP contribution >= 0.6 is 0 Å². The number of amides is 1. The first-order chi connectivity index (χ1) is 10.9. The third kappa shape index (κ3) is 2.79. The van der Waals surface area contributed by atoms with Gasteiger partial charge >= 0.3 is 0 Å². The molecule has 2 atom stereocenters. The van der Waals surface area contributed by atoms with Crippen molar-refractivity contribution in [2.24, 2.45) is 0 Å². The topological polar surface area (TPSA) is 85.4 Å². The van der Waals surface area contributed by atoms with Gasteiger partial charge in [0.25, 0.3) is 15.9 Å². The molecule has 0 radical (unpaired) electrons. The van der Waals surface area contributed by atoms with Crippen LogP contribution < -0.4 is 9.46 Å². The van der Waals surface area contributed by atoms with Crippen molar-refractivity contribution >= 4 is 15.9 Å². The number of hydrogen-bond donors (Lipinski definition) is 1. The van der Waals surface area contributed by atoms with Crippen LogP contribution in [0.1, 0.15) is 35.7 Å². The number of hydrogen-bond acceptors (Lipinski definition) is 5. The lowest BCUT2D eigenvalue weighted by Gasteiger charge is -2.10. The highest BCUT2D eigenvalue weighted by Gasteiger charge is 2.32. The Morgan fingerprint density at radius 3 is 2.70 bits per heavy atom. The van der Waals surface area contributed by atoms with Crippen LogP contribution in [0.3, 0.4) is 0 Å². The van der Waals surface area contributed by atoms with Gasteiger partial charge in [0.15, 0.2) is 0 Å². The van der Waals surface area contributed by atoms with E-state index in [4.69, 9.17) is 4.74 Å². The summed E-state index contributed by atoms with van der Waals surface area (Å²) in [6, 6.07) is 8.03. The summed E-state index contributed by atoms with van der Waals surface area (Å²) in [5, 5.41) is 0. The van der Waals surface area contributed by atoms with Crippen molar-refractivity contribution in [1.29, 1.82) is 0 Å². The molecule has 2 aromatic rings. The van der Waals surface area contributed by atoms with E-state index in [1.54, 1.807) is 12.1 Å². The molecule has 1 amide bonds. The second kappa shape index (κ2) is 5.66. The zero-order chi connectivity index (χ0) is 16.6. The van der Waals surface area contributed by atoms with Crippen LogP contribution in [-0.2, 0) is 10.0 Å². The average molecular weight is 332 g/mol. The molecule has 0 spiro atoms. The van der Waals surface area contributed by atoms with Crippen molar-refractivity contribution in [3.05, 3.63) is 53.9 Å². The lowest BCUT2D eigenvalue weighted by molar-refractivity contribution is 0.0976. The van der Waals surface area contributed by atoms with E-state index in [9.17, 15) is 13.2 Å². The molecule has 1 aromatic heterocycles. The highest BCUT2D eigenvalue weighted by atomic mass is 32.2. The average Bonchev–Trinajstić information content (AvgIpc) is 2.83. The quantitative estimate of drug-likeness (QED) is 0.930. The molecule has 3 rings (SSSR count). The summed E-state index contributed by atoms with van der Waals surface area (Å²) in [5.41, 5.74) is 1.12. The minimum absolute atomic E-state index is 0.0612. The molecule has 0 saturated heterocycles. The van der Waals surface area contributed by atoms with Crippen molar-refractivity contribution in [1.82, 2.24) is 9.71 Å². The van der Waals surface area contributed by atoms with Gasteiger partial charge in [-0.1, -0.05) is 19.1 Å². The van der Waals surface area contributed by atoms with Crippen molar-refractivity contribution < 1.29 is 17.9 Å². The molecule has 1 aliphatic heterocycles. The van der Waals surface area contributed by atoms with E-state index in [0.717, 1.165) is 5.56 Å². The summed E-state index contributed by atoms with van der Waals surface area (Å²) < 4.78 is 32.2. The van der Waals surface area contributed by atoms with Gasteiger partial charge in [0.1, 0.15) is 16.7 Å². The third-order valence-electron chi connectivity index (χ3n) is 3.96. The molecule has 0 fully saturated rings. The van der Waals surface area contributed by atoms with Gasteiger partial charge in [0.2, 0.25) is 0 Å². The van der Waals surface area contributed by atoms with E-state index >= 15 is 0 Å². The van der Waals surface area contributed by atoms with Gasteiger partial charge in [-0.05, 0) is 25.1 Å². The lowest BCUT2D eigenvalue weighted by atomic mass is 9.97. The normalized spacial score (nSPS) is 19.7. The largest absolute Gasteiger partial charge is 0.489 e. The zero-order valence-corrected chi connectivity index (χ0v) is 13.5. The molecule has 1 N–H and O–H groups in total. The van der Waals surface area contributed by atoms with Crippen molar-refractivity contribution in [2.45, 2.75) is 30.8 Å². The van der Waals surface area contributed by atoms with Crippen LogP contribution in [-0.4, -0.2) is 25.4 Å². The van der Waals surface area contributed by atoms with Gasteiger partial charge in [-0.3, -0.25) is 9.78 Å². The Kier molecular flexibility index (Phi) is 3.81. The highest BCUT2D eigenvalue weighted by Crippen LogP contribution is 2.40. The number of pyridine rings is 1. The zero-order valence-electron chi connectivity index (χ0n) is 12.7. The van der Waals surface area contributed by atoms with Crippen LogP contribution in [0.15, 0.2) is 47.6 Å². The SMILES string of the molecule is C[C@@H]1c2cccc(C(=O)NS(=O)(=O)c3cccnc3)c2O[C@@H]1C. The van der Waals surface area contributed by atoms with Gasteiger partial charge in [0, 0.05) is 23.9 Å². The first kappa shape index (κ1) is 15.5. The van der Waals surface area contributed by atoms with E-state index in [-0.39, 0.29) is 22.5 Å². The lowest BCUT2D eigenvalue weighted by Crippen LogP contribution is -2.31. The number of fused-ring (bicyclic) bond motifs is 1. The number of para-hydroxylation sites is 1. The summed E-state index contributed by atoms with van der Waals surface area (Å²) in [6.07, 6.45) is 2.58. The fraction of sp³-hybridized carbons (Fsp3) is 0.250. The molecule has 1 aromatic carbocycles. The fourth-order valence-electron chi connectivity index (χ4n) is 2.51. The number of ether oxygens (including phenoxy) is 1. The van der Waals surface area contributed by atoms with Crippen molar-refractivity contribution in [3.63, 3.8) is 0 Å². The summed E-state index contributed by atoms with van der Waals surface area (Å²) >= 11 is 0. The first-order valence-corrected chi connectivity index (χ1v) is 8.65. The van der Waals surface area contributed by atoms with Crippen molar-refractivity contribution in [2.75, 3.05) is 0 Å². The van der Waals surface area contributed by atoms with E-state index in [0.29, 0.717) is 5.75 Å². The van der Waals surface area contributed by atoms with Gasteiger partial charge in [-0.15, -0.1) is 0 Å². The Morgan fingerprint density at radius 1 is 1.22 bits per heavy atom. The molecular formula is C16H16N2O4S. The predicted molar refractivity (Wildman–Crippen MR) is 83.8 cm³/mol. The molecule has 0 saturated carbocycles. The van der Waals surface area contributed by atoms with E-state index in [2.05, 4.69) is 9.71 Å². The highest BCUT2D eigenvalue weighted by molar-refractivity contribution is 7.90. The Morgan fingerprint density at radius 2 is 2.00 bits per heavy atom. The number of aromatic nitrogens is 1. The molecule has 0 unspecified atom stereocenters. The number of sulfonamides is 1. The molecule has 23 heavy (non-hydrogen) atoms. The van der Waals surface area contributed by atoms with E-state index in [1.165, 1.54) is 24.5 Å². The maximum Gasteiger partial charge on any atom is 0.268 e. The molecule has 6 nitrogen and oxygen atoms in total. The number of nitrogens with one attached hydrogen (secondary N) is 1. The Balaban J connectivity index is 1.92. The molecular weight excluding hydrogens is 316 g/mol. The third-order valence-corrected chi connectivity index (χ3v) is 5.28. The molecule has 1 aliphatic rings. The summed E-state index contributed by atoms with van der Waals surface area (Å²) in [4.78, 5) is 16.1. The smallest absolute Gasteiger partial charge is 0.268 e. The molecule has 120 valence electrons. The molecule has 0 aliphatic carbocycles. The summed E-state index contributed by atoms with van der Waals surface area (Å²) in [6.45, 7) is 3.92. The van der Waals surface area contributed by atoms with Crippen LogP contribution in [0, 0.1) is 0 Å². The molecule has 7 heteroatoms. The van der Waals surface area contributed by atoms with Gasteiger partial charge in [-0.25, -0.2) is 13.1 Å². The fourth-order valence-corrected chi connectivity index (χ4v) is 3.44. The maximum atomic E-state index is 12.4. The van der Waals surface area contributed by atoms with Gasteiger partial charge < -0.3 is 4.74 Å². The number of benzene rings is 1. The van der Waals surface area contributed by atoms with E-state index in [1.807, 2.05) is 19.9 Å². The summed E-state index contributed by atoms with van der Waals surface area (Å²) in [7, 11) is -3.97. The first-order valence-electron chi connectivity index (χ1n) is 7.17. The summed E-state index contributed by atoms with van der Waals surface area (Å²) in [5.74, 6) is -0.119. The minimum Gasteiger partial charge on any atom is -0.489 e. The molecule has 2 heterocycles. The standard InChI is InChI=1S/C16H16N2O4S/c1-10-11(2)22-15-13(10)6-3-7-14(15)16(19)18-23(20,21)12-5-4-8-17-9-12/h3-11H,1-2H3,(H,18,19)/t10-,11+/m0/s1. The second-order valence-corrected chi connectivity index (χ2v) is 7.14. The van der Waals surface area contributed by atoms with Crippen molar-refractivity contribution in [3.8, 4) is 5.75 Å². The maximum absolute atomic E-state index is 12.4. The van der Waals surface area contributed by atoms with Gasteiger partial charge in [0.05, 0.1) is 5.56 Å². The Bertz CT molecular complexity index is 850. The van der Waals surface area contributed by atoms with Crippen LogP contribution in [0.4, 0.5) is 0 Å². The predicted octanol–water partition coefficient (Wildman–Crippen LogP) is 2.08.